The number of aromatic nitrogens is 3. The number of fused-ring (bicyclic) bond motifs is 1. The molecule has 3 rings (SSSR count). The van der Waals surface area contributed by atoms with Crippen molar-refractivity contribution in [2.24, 2.45) is 0 Å². The molecule has 0 aliphatic carbocycles. The summed E-state index contributed by atoms with van der Waals surface area (Å²) in [5.74, 6) is 0.155. The summed E-state index contributed by atoms with van der Waals surface area (Å²) in [6.07, 6.45) is 1.86. The molecule has 7 nitrogen and oxygen atoms in total. The number of nitrogens with zero attached hydrogens (tertiary/aromatic N) is 3. The van der Waals surface area contributed by atoms with Gasteiger partial charge in [-0.1, -0.05) is 17.4 Å². The van der Waals surface area contributed by atoms with E-state index in [4.69, 9.17) is 0 Å². The summed E-state index contributed by atoms with van der Waals surface area (Å²) in [6.45, 7) is 6.53. The van der Waals surface area contributed by atoms with Gasteiger partial charge < -0.3 is 15.7 Å². The van der Waals surface area contributed by atoms with E-state index in [9.17, 15) is 9.90 Å². The zero-order chi connectivity index (χ0) is 17.3. The van der Waals surface area contributed by atoms with E-state index in [-0.39, 0.29) is 11.7 Å². The van der Waals surface area contributed by atoms with Crippen molar-refractivity contribution in [2.45, 2.75) is 20.8 Å². The van der Waals surface area contributed by atoms with E-state index in [2.05, 4.69) is 20.7 Å². The molecule has 0 unspecified atom stereocenters. The van der Waals surface area contributed by atoms with Crippen LogP contribution in [0.3, 0.4) is 0 Å². The van der Waals surface area contributed by atoms with Gasteiger partial charge in [0.2, 0.25) is 5.91 Å². The van der Waals surface area contributed by atoms with Gasteiger partial charge in [0.25, 0.3) is 0 Å². The molecule has 3 aromatic rings. The van der Waals surface area contributed by atoms with Gasteiger partial charge in [0.15, 0.2) is 10.8 Å². The summed E-state index contributed by atoms with van der Waals surface area (Å²) in [4.78, 5) is 15.3. The molecule has 1 amide bonds. The Bertz CT molecular complexity index is 845. The number of anilines is 1. The number of rotatable bonds is 5. The molecule has 0 radical (unpaired) electrons. The zero-order valence-electron chi connectivity index (χ0n) is 13.8. The summed E-state index contributed by atoms with van der Waals surface area (Å²) in [6, 6.07) is 3.73. The maximum Gasteiger partial charge on any atom is 0.216 e. The molecule has 8 heteroatoms. The lowest BCUT2D eigenvalue weighted by atomic mass is 10.1. The third-order valence-corrected chi connectivity index (χ3v) is 4.44. The first-order valence-electron chi connectivity index (χ1n) is 7.59. The van der Waals surface area contributed by atoms with Gasteiger partial charge in [0.1, 0.15) is 11.4 Å². The Morgan fingerprint density at radius 1 is 1.33 bits per heavy atom. The van der Waals surface area contributed by atoms with Crippen molar-refractivity contribution in [3.05, 3.63) is 29.5 Å². The number of hydrogen-bond acceptors (Lipinski definition) is 6. The smallest absolute Gasteiger partial charge is 0.216 e. The van der Waals surface area contributed by atoms with Gasteiger partial charge in [-0.05, 0) is 31.0 Å². The summed E-state index contributed by atoms with van der Waals surface area (Å²) >= 11 is 1.49. The maximum absolute atomic E-state index is 10.8. The first kappa shape index (κ1) is 16.3. The Morgan fingerprint density at radius 2 is 2.12 bits per heavy atom. The van der Waals surface area contributed by atoms with Crippen LogP contribution in [0.1, 0.15) is 18.1 Å². The van der Waals surface area contributed by atoms with E-state index in [0.717, 1.165) is 21.0 Å². The molecular formula is C16H19N5O2S. The molecule has 0 bridgehead atoms. The van der Waals surface area contributed by atoms with Crippen LogP contribution in [-0.4, -0.2) is 38.9 Å². The summed E-state index contributed by atoms with van der Waals surface area (Å²) in [7, 11) is 0. The fourth-order valence-corrected chi connectivity index (χ4v) is 3.40. The van der Waals surface area contributed by atoms with Crippen LogP contribution in [0.5, 0.6) is 5.75 Å². The predicted octanol–water partition coefficient (Wildman–Crippen LogP) is 2.35. The molecule has 0 aliphatic heterocycles. The average molecular weight is 345 g/mol. The van der Waals surface area contributed by atoms with Crippen molar-refractivity contribution < 1.29 is 9.90 Å². The number of carbonyl (C=O) groups is 1. The van der Waals surface area contributed by atoms with Gasteiger partial charge in [-0.3, -0.25) is 4.79 Å². The largest absolute Gasteiger partial charge is 0.506 e. The number of thiazole rings is 1. The third-order valence-electron chi connectivity index (χ3n) is 3.51. The van der Waals surface area contributed by atoms with Gasteiger partial charge in [-0.15, -0.1) is 5.10 Å². The van der Waals surface area contributed by atoms with Crippen molar-refractivity contribution in [1.82, 2.24) is 20.1 Å². The minimum atomic E-state index is -0.0503. The fourth-order valence-electron chi connectivity index (χ4n) is 2.56. The first-order valence-corrected chi connectivity index (χ1v) is 8.41. The van der Waals surface area contributed by atoms with Crippen LogP contribution >= 0.6 is 11.3 Å². The predicted molar refractivity (Wildman–Crippen MR) is 95.1 cm³/mol. The second-order valence-corrected chi connectivity index (χ2v) is 6.67. The van der Waals surface area contributed by atoms with Gasteiger partial charge in [0.05, 0.1) is 10.9 Å². The van der Waals surface area contributed by atoms with Gasteiger partial charge >= 0.3 is 0 Å². The number of aryl methyl sites for hydroxylation is 2. The van der Waals surface area contributed by atoms with Crippen molar-refractivity contribution in [1.29, 1.82) is 0 Å². The molecule has 0 saturated carbocycles. The standard InChI is InChI=1S/C16H19N5O2S/c1-9-6-10(2)14(12(23)7-9)21-8-13-15(20-21)19-16(24-13)18-5-4-17-11(3)22/h6-8,23H,4-5H2,1-3H3,(H,17,22)(H,18,19,20). The number of nitrogens with one attached hydrogen (secondary N) is 2. The highest BCUT2D eigenvalue weighted by molar-refractivity contribution is 7.22. The van der Waals surface area contributed by atoms with Crippen LogP contribution in [0.4, 0.5) is 5.13 Å². The lowest BCUT2D eigenvalue weighted by molar-refractivity contribution is -0.118. The average Bonchev–Trinajstić information content (AvgIpc) is 3.00. The third kappa shape index (κ3) is 3.33. The Hall–Kier alpha value is -2.61. The SMILES string of the molecule is CC(=O)NCCNc1nc2nn(-c3c(C)cc(C)cc3O)cc2s1. The molecule has 1 aromatic carbocycles. The molecule has 0 saturated heterocycles. The fraction of sp³-hybridized carbons (Fsp3) is 0.312. The van der Waals surface area contributed by atoms with Crippen LogP contribution in [-0.2, 0) is 4.79 Å². The second kappa shape index (κ2) is 6.48. The number of phenolic OH excluding ortho intramolecular Hbond substituents is 1. The molecule has 2 heterocycles. The topological polar surface area (TPSA) is 92.1 Å². The van der Waals surface area contributed by atoms with Crippen molar-refractivity contribution in [3.63, 3.8) is 0 Å². The molecule has 24 heavy (non-hydrogen) atoms. The minimum absolute atomic E-state index is 0.0503. The van der Waals surface area contributed by atoms with E-state index >= 15 is 0 Å². The van der Waals surface area contributed by atoms with Gasteiger partial charge in [-0.25, -0.2) is 4.68 Å². The highest BCUT2D eigenvalue weighted by Crippen LogP contribution is 2.30. The zero-order valence-corrected chi connectivity index (χ0v) is 14.6. The van der Waals surface area contributed by atoms with Crippen molar-refractivity contribution in [3.8, 4) is 11.4 Å². The maximum atomic E-state index is 10.8. The van der Waals surface area contributed by atoms with Crippen molar-refractivity contribution in [2.75, 3.05) is 18.4 Å². The number of benzene rings is 1. The highest BCUT2D eigenvalue weighted by atomic mass is 32.1. The molecule has 0 spiro atoms. The summed E-state index contributed by atoms with van der Waals surface area (Å²) < 4.78 is 2.59. The molecular weight excluding hydrogens is 326 g/mol. The van der Waals surface area contributed by atoms with E-state index < -0.39 is 0 Å². The van der Waals surface area contributed by atoms with Crippen LogP contribution in [0.15, 0.2) is 18.3 Å². The second-order valence-electron chi connectivity index (χ2n) is 5.64. The number of aromatic hydroxyl groups is 1. The summed E-state index contributed by atoms with van der Waals surface area (Å²) in [5.41, 5.74) is 3.26. The van der Waals surface area contributed by atoms with Crippen molar-refractivity contribution >= 4 is 32.7 Å². The van der Waals surface area contributed by atoms with Crippen LogP contribution in [0.25, 0.3) is 16.0 Å². The van der Waals surface area contributed by atoms with Crippen LogP contribution < -0.4 is 10.6 Å². The monoisotopic (exact) mass is 345 g/mol. The quantitative estimate of drug-likeness (QED) is 0.617. The first-order chi connectivity index (χ1) is 11.4. The van der Waals surface area contributed by atoms with Crippen LogP contribution in [0.2, 0.25) is 0 Å². The number of hydrogen-bond donors (Lipinski definition) is 3. The number of phenols is 1. The number of amides is 1. The molecule has 0 atom stereocenters. The Labute approximate surface area is 143 Å². The Kier molecular flexibility index (Phi) is 4.39. The van der Waals surface area contributed by atoms with E-state index in [1.54, 1.807) is 10.7 Å². The van der Waals surface area contributed by atoms with Crippen LogP contribution in [0, 0.1) is 13.8 Å². The Balaban J connectivity index is 1.79. The van der Waals surface area contributed by atoms with E-state index in [1.807, 2.05) is 26.1 Å². The molecule has 0 fully saturated rings. The molecule has 0 aliphatic rings. The molecule has 2 aromatic heterocycles. The minimum Gasteiger partial charge on any atom is -0.506 e. The normalized spacial score (nSPS) is 11.0. The van der Waals surface area contributed by atoms with E-state index in [0.29, 0.717) is 24.4 Å². The highest BCUT2D eigenvalue weighted by Gasteiger charge is 2.13. The Morgan fingerprint density at radius 3 is 2.79 bits per heavy atom. The van der Waals surface area contributed by atoms with E-state index in [1.165, 1.54) is 18.3 Å². The lowest BCUT2D eigenvalue weighted by Gasteiger charge is -2.09. The van der Waals surface area contributed by atoms with Gasteiger partial charge in [0, 0.05) is 20.0 Å². The number of carbonyl (C=O) groups excluding carboxylic acids is 1. The molecule has 3 N–H and O–H groups in total. The molecule has 126 valence electrons. The lowest BCUT2D eigenvalue weighted by Crippen LogP contribution is -2.26. The van der Waals surface area contributed by atoms with Gasteiger partial charge in [-0.2, -0.15) is 4.98 Å². The summed E-state index contributed by atoms with van der Waals surface area (Å²) in [5, 5.41) is 21.3.